The summed E-state index contributed by atoms with van der Waals surface area (Å²) in [6, 6.07) is 1.80. The number of hydrogen-bond acceptors (Lipinski definition) is 2. The molecule has 1 rings (SSSR count). The third kappa shape index (κ3) is 11.8. The van der Waals surface area contributed by atoms with Gasteiger partial charge in [0.2, 0.25) is 0 Å². The molecule has 0 atom stereocenters. The van der Waals surface area contributed by atoms with Crippen LogP contribution in [0.4, 0.5) is 0 Å². The minimum atomic E-state index is 0.822. The Bertz CT molecular complexity index is 149. The molecule has 1 heterocycles. The fourth-order valence-corrected chi connectivity index (χ4v) is 0.374. The van der Waals surface area contributed by atoms with Crippen molar-refractivity contribution in [3.8, 4) is 0 Å². The molecule has 0 spiro atoms. The SMILES string of the molecule is CC.CCC.Cc1ncccn1. The highest BCUT2D eigenvalue weighted by atomic mass is 14.8. The maximum atomic E-state index is 3.87. The minimum absolute atomic E-state index is 0.822. The van der Waals surface area contributed by atoms with Gasteiger partial charge in [-0.25, -0.2) is 9.97 Å². The van der Waals surface area contributed by atoms with Crippen molar-refractivity contribution >= 4 is 0 Å². The average molecular weight is 168 g/mol. The van der Waals surface area contributed by atoms with Gasteiger partial charge in [0.1, 0.15) is 5.82 Å². The summed E-state index contributed by atoms with van der Waals surface area (Å²) in [7, 11) is 0. The molecule has 2 heteroatoms. The quantitative estimate of drug-likeness (QED) is 0.594. The molecular weight excluding hydrogens is 148 g/mol. The zero-order chi connectivity index (χ0) is 9.82. The van der Waals surface area contributed by atoms with Gasteiger partial charge in [-0.05, 0) is 13.0 Å². The molecule has 0 aliphatic carbocycles. The average Bonchev–Trinajstić information content (AvgIpc) is 2.11. The molecule has 12 heavy (non-hydrogen) atoms. The normalized spacial score (nSPS) is 7.08. The maximum absolute atomic E-state index is 3.87. The van der Waals surface area contributed by atoms with E-state index in [0.29, 0.717) is 0 Å². The molecule has 2 nitrogen and oxygen atoms in total. The summed E-state index contributed by atoms with van der Waals surface area (Å²) in [4.78, 5) is 7.74. The van der Waals surface area contributed by atoms with Crippen LogP contribution in [-0.4, -0.2) is 9.97 Å². The highest BCUT2D eigenvalue weighted by Gasteiger charge is 1.74. The second kappa shape index (κ2) is 12.7. The molecule has 0 aromatic carbocycles. The first-order valence-electron chi connectivity index (χ1n) is 4.54. The van der Waals surface area contributed by atoms with Crippen molar-refractivity contribution in [2.24, 2.45) is 0 Å². The zero-order valence-electron chi connectivity index (χ0n) is 8.83. The highest BCUT2D eigenvalue weighted by Crippen LogP contribution is 1.78. The maximum Gasteiger partial charge on any atom is 0.125 e. The third-order valence-electron chi connectivity index (χ3n) is 0.695. The molecule has 0 amide bonds. The van der Waals surface area contributed by atoms with Crippen molar-refractivity contribution in [3.63, 3.8) is 0 Å². The van der Waals surface area contributed by atoms with Gasteiger partial charge in [-0.1, -0.05) is 34.1 Å². The Morgan fingerprint density at radius 3 is 1.58 bits per heavy atom. The van der Waals surface area contributed by atoms with Crippen LogP contribution in [-0.2, 0) is 0 Å². The van der Waals surface area contributed by atoms with E-state index >= 15 is 0 Å². The van der Waals surface area contributed by atoms with Crippen molar-refractivity contribution in [3.05, 3.63) is 24.3 Å². The van der Waals surface area contributed by atoms with Gasteiger partial charge in [0.15, 0.2) is 0 Å². The lowest BCUT2D eigenvalue weighted by molar-refractivity contribution is 1.05. The molecule has 0 bridgehead atoms. The molecule has 1 aromatic rings. The van der Waals surface area contributed by atoms with Crippen LogP contribution < -0.4 is 0 Å². The van der Waals surface area contributed by atoms with Gasteiger partial charge < -0.3 is 0 Å². The first kappa shape index (κ1) is 13.7. The van der Waals surface area contributed by atoms with E-state index in [1.54, 1.807) is 18.5 Å². The van der Waals surface area contributed by atoms with Crippen molar-refractivity contribution in [1.29, 1.82) is 0 Å². The van der Waals surface area contributed by atoms with Crippen molar-refractivity contribution in [1.82, 2.24) is 9.97 Å². The predicted octanol–water partition coefficient (Wildman–Crippen LogP) is 3.23. The second-order valence-electron chi connectivity index (χ2n) is 2.00. The van der Waals surface area contributed by atoms with E-state index < -0.39 is 0 Å². The minimum Gasteiger partial charge on any atom is -0.242 e. The van der Waals surface area contributed by atoms with E-state index in [-0.39, 0.29) is 0 Å². The first-order chi connectivity index (χ1) is 5.81. The molecule has 0 saturated carbocycles. The Labute approximate surface area is 76.1 Å². The van der Waals surface area contributed by atoms with Crippen LogP contribution in [0.1, 0.15) is 39.9 Å². The molecule has 0 aliphatic rings. The fraction of sp³-hybridized carbons (Fsp3) is 0.600. The van der Waals surface area contributed by atoms with Crippen molar-refractivity contribution in [2.45, 2.75) is 41.0 Å². The number of aryl methyl sites for hydroxylation is 1. The smallest absolute Gasteiger partial charge is 0.125 e. The number of aromatic nitrogens is 2. The van der Waals surface area contributed by atoms with Gasteiger partial charge in [0, 0.05) is 12.4 Å². The third-order valence-corrected chi connectivity index (χ3v) is 0.695. The van der Waals surface area contributed by atoms with Crippen LogP contribution >= 0.6 is 0 Å². The Kier molecular flexibility index (Phi) is 14.5. The first-order valence-corrected chi connectivity index (χ1v) is 4.54. The van der Waals surface area contributed by atoms with Gasteiger partial charge in [0.25, 0.3) is 0 Å². The standard InChI is InChI=1S/C5H6N2.C3H8.C2H6/c1-5-6-3-2-4-7-5;1-3-2;1-2/h2-4H,1H3;3H2,1-2H3;1-2H3. The van der Waals surface area contributed by atoms with E-state index in [2.05, 4.69) is 23.8 Å². The Morgan fingerprint density at radius 2 is 1.42 bits per heavy atom. The van der Waals surface area contributed by atoms with Gasteiger partial charge in [-0.15, -0.1) is 0 Å². The summed E-state index contributed by atoms with van der Waals surface area (Å²) in [5.74, 6) is 0.822. The van der Waals surface area contributed by atoms with E-state index in [4.69, 9.17) is 0 Å². The molecule has 0 unspecified atom stereocenters. The summed E-state index contributed by atoms with van der Waals surface area (Å²) < 4.78 is 0. The fourth-order valence-electron chi connectivity index (χ4n) is 0.374. The Balaban J connectivity index is 0. The lowest BCUT2D eigenvalue weighted by atomic mass is 10.6. The molecule has 0 N–H and O–H groups in total. The zero-order valence-corrected chi connectivity index (χ0v) is 8.83. The molecule has 1 aromatic heterocycles. The van der Waals surface area contributed by atoms with Gasteiger partial charge in [-0.3, -0.25) is 0 Å². The number of rotatable bonds is 0. The molecule has 0 fully saturated rings. The van der Waals surface area contributed by atoms with Crippen LogP contribution in [0.3, 0.4) is 0 Å². The van der Waals surface area contributed by atoms with E-state index in [1.165, 1.54) is 6.42 Å². The number of nitrogens with zero attached hydrogens (tertiary/aromatic N) is 2. The Morgan fingerprint density at radius 1 is 1.08 bits per heavy atom. The summed E-state index contributed by atoms with van der Waals surface area (Å²) in [5.41, 5.74) is 0. The largest absolute Gasteiger partial charge is 0.242 e. The van der Waals surface area contributed by atoms with Gasteiger partial charge in [0.05, 0.1) is 0 Å². The lowest BCUT2D eigenvalue weighted by Gasteiger charge is -1.81. The Hall–Kier alpha value is -0.920. The van der Waals surface area contributed by atoms with Crippen LogP contribution in [0, 0.1) is 6.92 Å². The van der Waals surface area contributed by atoms with Crippen LogP contribution in [0.5, 0.6) is 0 Å². The van der Waals surface area contributed by atoms with Crippen LogP contribution in [0.2, 0.25) is 0 Å². The molecule has 70 valence electrons. The second-order valence-corrected chi connectivity index (χ2v) is 2.00. The number of hydrogen-bond donors (Lipinski definition) is 0. The monoisotopic (exact) mass is 168 g/mol. The molecule has 0 saturated heterocycles. The highest BCUT2D eigenvalue weighted by molar-refractivity contribution is 4.83. The van der Waals surface area contributed by atoms with Crippen molar-refractivity contribution < 1.29 is 0 Å². The van der Waals surface area contributed by atoms with Gasteiger partial charge >= 0.3 is 0 Å². The molecule has 0 radical (unpaired) electrons. The topological polar surface area (TPSA) is 25.8 Å². The summed E-state index contributed by atoms with van der Waals surface area (Å²) >= 11 is 0. The van der Waals surface area contributed by atoms with E-state index in [1.807, 2.05) is 20.8 Å². The van der Waals surface area contributed by atoms with Crippen molar-refractivity contribution in [2.75, 3.05) is 0 Å². The lowest BCUT2D eigenvalue weighted by Crippen LogP contribution is -1.80. The molecule has 0 aliphatic heterocycles. The predicted molar refractivity (Wildman–Crippen MR) is 54.1 cm³/mol. The summed E-state index contributed by atoms with van der Waals surface area (Å²) in [6.07, 6.45) is 4.70. The van der Waals surface area contributed by atoms with Crippen LogP contribution in [0.25, 0.3) is 0 Å². The van der Waals surface area contributed by atoms with Crippen LogP contribution in [0.15, 0.2) is 18.5 Å². The molecular formula is C10H20N2. The summed E-state index contributed by atoms with van der Waals surface area (Å²) in [6.45, 7) is 10.1. The van der Waals surface area contributed by atoms with E-state index in [9.17, 15) is 0 Å². The van der Waals surface area contributed by atoms with E-state index in [0.717, 1.165) is 5.82 Å². The van der Waals surface area contributed by atoms with Gasteiger partial charge in [-0.2, -0.15) is 0 Å². The summed E-state index contributed by atoms with van der Waals surface area (Å²) in [5, 5.41) is 0.